The maximum Gasteiger partial charge on any atom is 0.270 e. The van der Waals surface area contributed by atoms with Crippen molar-refractivity contribution in [3.05, 3.63) is 70.9 Å². The molecular weight excluding hydrogens is 332 g/mol. The van der Waals surface area contributed by atoms with Gasteiger partial charge in [-0.15, -0.1) is 0 Å². The lowest BCUT2D eigenvalue weighted by Crippen LogP contribution is -2.40. The Morgan fingerprint density at radius 2 is 1.89 bits per heavy atom. The van der Waals surface area contributed by atoms with Crippen molar-refractivity contribution in [1.82, 2.24) is 9.88 Å². The van der Waals surface area contributed by atoms with E-state index in [1.807, 2.05) is 25.1 Å². The average molecular weight is 361 g/mol. The van der Waals surface area contributed by atoms with Crippen LogP contribution in [0.5, 0.6) is 0 Å². The number of amides is 1. The lowest BCUT2D eigenvalue weighted by molar-refractivity contribution is 0.0662. The van der Waals surface area contributed by atoms with Crippen molar-refractivity contribution < 1.29 is 4.79 Å². The molecule has 1 fully saturated rings. The molecule has 1 N–H and O–H groups in total. The van der Waals surface area contributed by atoms with Gasteiger partial charge in [-0.25, -0.2) is 0 Å². The number of hydrogen-bond acceptors (Lipinski definition) is 1. The van der Waals surface area contributed by atoms with E-state index in [-0.39, 0.29) is 5.91 Å². The molecular formula is C24H28N2O. The summed E-state index contributed by atoms with van der Waals surface area (Å²) in [5.74, 6) is 0.747. The summed E-state index contributed by atoms with van der Waals surface area (Å²) in [5.41, 5.74) is 5.68. The van der Waals surface area contributed by atoms with E-state index in [0.29, 0.717) is 5.92 Å². The highest BCUT2D eigenvalue weighted by molar-refractivity contribution is 6.00. The van der Waals surface area contributed by atoms with Gasteiger partial charge in [0.2, 0.25) is 0 Å². The third-order valence-corrected chi connectivity index (χ3v) is 6.07. The van der Waals surface area contributed by atoms with E-state index in [4.69, 9.17) is 0 Å². The van der Waals surface area contributed by atoms with Gasteiger partial charge in [0.1, 0.15) is 5.69 Å². The number of aryl methyl sites for hydroxylation is 3. The van der Waals surface area contributed by atoms with Crippen LogP contribution in [0.15, 0.2) is 48.5 Å². The van der Waals surface area contributed by atoms with Gasteiger partial charge in [-0.05, 0) is 68.2 Å². The minimum absolute atomic E-state index is 0.157. The van der Waals surface area contributed by atoms with Crippen LogP contribution in [0.1, 0.15) is 46.4 Å². The van der Waals surface area contributed by atoms with Crippen LogP contribution < -0.4 is 0 Å². The minimum Gasteiger partial charge on any atom is -0.350 e. The fourth-order valence-corrected chi connectivity index (χ4v) is 4.39. The van der Waals surface area contributed by atoms with E-state index in [2.05, 4.69) is 47.1 Å². The molecule has 140 valence electrons. The number of carbonyl (C=O) groups excluding carboxylic acids is 1. The van der Waals surface area contributed by atoms with Crippen molar-refractivity contribution in [1.29, 1.82) is 0 Å². The van der Waals surface area contributed by atoms with Gasteiger partial charge in [0.05, 0.1) is 0 Å². The Labute approximate surface area is 161 Å². The smallest absolute Gasteiger partial charge is 0.270 e. The molecule has 1 aliphatic heterocycles. The molecule has 1 aromatic heterocycles. The molecule has 0 unspecified atom stereocenters. The van der Waals surface area contributed by atoms with Crippen LogP contribution in [0.4, 0.5) is 0 Å². The zero-order chi connectivity index (χ0) is 18.8. The number of piperidine rings is 1. The Balaban J connectivity index is 1.45. The highest BCUT2D eigenvalue weighted by Crippen LogP contribution is 2.26. The molecule has 0 bridgehead atoms. The van der Waals surface area contributed by atoms with E-state index in [1.54, 1.807) is 0 Å². The highest BCUT2D eigenvalue weighted by Gasteiger charge is 2.26. The Bertz CT molecular complexity index is 956. The van der Waals surface area contributed by atoms with Gasteiger partial charge < -0.3 is 9.88 Å². The first kappa shape index (κ1) is 17.8. The molecule has 1 atom stereocenters. The maximum atomic E-state index is 13.2. The number of hydrogen-bond donors (Lipinski definition) is 1. The van der Waals surface area contributed by atoms with Gasteiger partial charge in [0.25, 0.3) is 5.91 Å². The Kier molecular flexibility index (Phi) is 5.02. The molecule has 0 saturated carbocycles. The summed E-state index contributed by atoms with van der Waals surface area (Å²) in [7, 11) is 0. The third-order valence-electron chi connectivity index (χ3n) is 6.07. The molecule has 1 aliphatic rings. The molecule has 1 amide bonds. The number of fused-ring (bicyclic) bond motifs is 1. The molecule has 2 aromatic carbocycles. The monoisotopic (exact) mass is 360 g/mol. The molecule has 3 nitrogen and oxygen atoms in total. The van der Waals surface area contributed by atoms with Gasteiger partial charge in [0, 0.05) is 24.0 Å². The predicted molar refractivity (Wildman–Crippen MR) is 111 cm³/mol. The molecule has 4 rings (SSSR count). The number of carbonyl (C=O) groups is 1. The Hall–Kier alpha value is -2.55. The zero-order valence-corrected chi connectivity index (χ0v) is 16.3. The van der Waals surface area contributed by atoms with E-state index in [0.717, 1.165) is 54.5 Å². The van der Waals surface area contributed by atoms with Crippen molar-refractivity contribution in [2.45, 2.75) is 39.5 Å². The first-order chi connectivity index (χ1) is 13.1. The largest absolute Gasteiger partial charge is 0.350 e. The van der Waals surface area contributed by atoms with Crippen molar-refractivity contribution >= 4 is 16.8 Å². The van der Waals surface area contributed by atoms with Crippen LogP contribution in [0.2, 0.25) is 0 Å². The molecule has 27 heavy (non-hydrogen) atoms. The summed E-state index contributed by atoms with van der Waals surface area (Å²) in [5, 5.41) is 1.15. The number of nitrogens with one attached hydrogen (secondary N) is 1. The second-order valence-electron chi connectivity index (χ2n) is 7.90. The number of benzene rings is 2. The number of rotatable bonds is 4. The van der Waals surface area contributed by atoms with Gasteiger partial charge >= 0.3 is 0 Å². The topological polar surface area (TPSA) is 36.1 Å². The summed E-state index contributed by atoms with van der Waals surface area (Å²) in [4.78, 5) is 18.6. The predicted octanol–water partition coefficient (Wildman–Crippen LogP) is 5.27. The zero-order valence-electron chi connectivity index (χ0n) is 16.3. The van der Waals surface area contributed by atoms with Crippen molar-refractivity contribution in [2.75, 3.05) is 13.1 Å². The van der Waals surface area contributed by atoms with Gasteiger partial charge in [-0.3, -0.25) is 4.79 Å². The fourth-order valence-electron chi connectivity index (χ4n) is 4.39. The first-order valence-electron chi connectivity index (χ1n) is 10.0. The summed E-state index contributed by atoms with van der Waals surface area (Å²) in [6.45, 7) is 5.98. The Morgan fingerprint density at radius 1 is 1.11 bits per heavy atom. The van der Waals surface area contributed by atoms with Gasteiger partial charge in [-0.1, -0.05) is 42.5 Å². The molecule has 3 aromatic rings. The summed E-state index contributed by atoms with van der Waals surface area (Å²) in [6, 6.07) is 16.8. The van der Waals surface area contributed by atoms with E-state index in [1.165, 1.54) is 17.5 Å². The highest BCUT2D eigenvalue weighted by atomic mass is 16.2. The minimum atomic E-state index is 0.157. The summed E-state index contributed by atoms with van der Waals surface area (Å²) in [6.07, 6.45) is 4.58. The van der Waals surface area contributed by atoms with E-state index in [9.17, 15) is 4.79 Å². The number of H-pyrrole nitrogens is 1. The summed E-state index contributed by atoms with van der Waals surface area (Å²) >= 11 is 0. The first-order valence-corrected chi connectivity index (χ1v) is 10.0. The fraction of sp³-hybridized carbons (Fsp3) is 0.375. The number of aromatic amines is 1. The average Bonchev–Trinajstić information content (AvgIpc) is 3.04. The number of likely N-dealkylation sites (tertiary alicyclic amines) is 1. The molecule has 0 radical (unpaired) electrons. The van der Waals surface area contributed by atoms with Crippen LogP contribution in [0.25, 0.3) is 10.9 Å². The van der Waals surface area contributed by atoms with Crippen LogP contribution in [0, 0.1) is 19.8 Å². The molecule has 1 saturated heterocycles. The standard InChI is InChI=1S/C24H28N2O/c1-17-8-3-4-10-20(17)14-13-19-9-7-15-26(16-19)24(27)23-18(2)21-11-5-6-12-22(21)25-23/h3-6,8,10-12,19,25H,7,9,13-16H2,1-2H3/t19-/m0/s1. The van der Waals surface area contributed by atoms with Gasteiger partial charge in [0.15, 0.2) is 0 Å². The van der Waals surface area contributed by atoms with Crippen molar-refractivity contribution in [2.24, 2.45) is 5.92 Å². The van der Waals surface area contributed by atoms with Gasteiger partial charge in [-0.2, -0.15) is 0 Å². The van der Waals surface area contributed by atoms with E-state index >= 15 is 0 Å². The lowest BCUT2D eigenvalue weighted by atomic mass is 9.90. The Morgan fingerprint density at radius 3 is 2.70 bits per heavy atom. The second-order valence-corrected chi connectivity index (χ2v) is 7.90. The van der Waals surface area contributed by atoms with Crippen molar-refractivity contribution in [3.8, 4) is 0 Å². The van der Waals surface area contributed by atoms with Crippen LogP contribution in [-0.2, 0) is 6.42 Å². The second kappa shape index (κ2) is 7.59. The normalized spacial score (nSPS) is 17.4. The quantitative estimate of drug-likeness (QED) is 0.676. The molecule has 2 heterocycles. The summed E-state index contributed by atoms with van der Waals surface area (Å²) < 4.78 is 0. The van der Waals surface area contributed by atoms with Crippen molar-refractivity contribution in [3.63, 3.8) is 0 Å². The molecule has 0 spiro atoms. The van der Waals surface area contributed by atoms with E-state index < -0.39 is 0 Å². The molecule has 3 heteroatoms. The SMILES string of the molecule is Cc1ccccc1CC[C@@H]1CCCN(C(=O)c2[nH]c3ccccc3c2C)C1. The molecule has 0 aliphatic carbocycles. The number of aromatic nitrogens is 1. The number of nitrogens with zero attached hydrogens (tertiary/aromatic N) is 1. The number of para-hydroxylation sites is 1. The third kappa shape index (κ3) is 3.64. The maximum absolute atomic E-state index is 13.2. The van der Waals surface area contributed by atoms with Crippen LogP contribution in [0.3, 0.4) is 0 Å². The van der Waals surface area contributed by atoms with Crippen LogP contribution >= 0.6 is 0 Å². The van der Waals surface area contributed by atoms with Crippen LogP contribution in [-0.4, -0.2) is 28.9 Å². The lowest BCUT2D eigenvalue weighted by Gasteiger charge is -2.33.